The van der Waals surface area contributed by atoms with E-state index in [1.807, 2.05) is 6.92 Å². The molecule has 1 aliphatic rings. The number of ether oxygens (including phenoxy) is 2. The van der Waals surface area contributed by atoms with E-state index in [0.29, 0.717) is 22.8 Å². The third-order valence-electron chi connectivity index (χ3n) is 3.53. The van der Waals surface area contributed by atoms with E-state index >= 15 is 0 Å². The number of hydrogen-bond donors (Lipinski definition) is 0. The van der Waals surface area contributed by atoms with Crippen LogP contribution in [0.3, 0.4) is 0 Å². The number of benzene rings is 1. The van der Waals surface area contributed by atoms with E-state index < -0.39 is 17.5 Å². The number of rotatable bonds is 3. The van der Waals surface area contributed by atoms with Crippen molar-refractivity contribution in [2.24, 2.45) is 0 Å². The van der Waals surface area contributed by atoms with Gasteiger partial charge < -0.3 is 9.47 Å². The minimum atomic E-state index is -1.10. The maximum absolute atomic E-state index is 12.4. The van der Waals surface area contributed by atoms with Crippen molar-refractivity contribution in [3.63, 3.8) is 0 Å². The Bertz CT molecular complexity index is 552. The standard InChI is InChI=1S/C15H17ClO4/c1-5-8-6-9(16)7-10(19-4)11(8)12-13(17)15(2,3)20-14(12)18/h6-7,12H,5H2,1-4H3. The van der Waals surface area contributed by atoms with Crippen molar-refractivity contribution >= 4 is 23.4 Å². The summed E-state index contributed by atoms with van der Waals surface area (Å²) in [7, 11) is 1.49. The molecule has 108 valence electrons. The average Bonchev–Trinajstić information content (AvgIpc) is 2.58. The number of carbonyl (C=O) groups is 2. The zero-order valence-electron chi connectivity index (χ0n) is 12.0. The summed E-state index contributed by atoms with van der Waals surface area (Å²) in [6, 6.07) is 3.37. The second kappa shape index (κ2) is 5.09. The van der Waals surface area contributed by atoms with Crippen LogP contribution in [0.2, 0.25) is 5.02 Å². The highest BCUT2D eigenvalue weighted by Crippen LogP contribution is 2.41. The Morgan fingerprint density at radius 1 is 1.35 bits per heavy atom. The van der Waals surface area contributed by atoms with Crippen LogP contribution < -0.4 is 4.74 Å². The lowest BCUT2D eigenvalue weighted by Crippen LogP contribution is -2.29. The second-order valence-electron chi connectivity index (χ2n) is 5.26. The summed E-state index contributed by atoms with van der Waals surface area (Å²) in [5.41, 5.74) is 0.291. The minimum Gasteiger partial charge on any atom is -0.496 e. The molecule has 0 saturated carbocycles. The molecular weight excluding hydrogens is 280 g/mol. The van der Waals surface area contributed by atoms with Gasteiger partial charge in [-0.25, -0.2) is 0 Å². The van der Waals surface area contributed by atoms with Gasteiger partial charge >= 0.3 is 5.97 Å². The fraction of sp³-hybridized carbons (Fsp3) is 0.467. The number of cyclic esters (lactones) is 1. The molecule has 0 spiro atoms. The lowest BCUT2D eigenvalue weighted by molar-refractivity contribution is -0.148. The van der Waals surface area contributed by atoms with Crippen molar-refractivity contribution in [2.45, 2.75) is 38.7 Å². The van der Waals surface area contributed by atoms with Crippen LogP contribution in [0, 0.1) is 0 Å². The van der Waals surface area contributed by atoms with Gasteiger partial charge in [0.25, 0.3) is 0 Å². The molecule has 1 heterocycles. The fourth-order valence-electron chi connectivity index (χ4n) is 2.50. The highest BCUT2D eigenvalue weighted by atomic mass is 35.5. The topological polar surface area (TPSA) is 52.6 Å². The van der Waals surface area contributed by atoms with Crippen LogP contribution in [0.25, 0.3) is 0 Å². The third-order valence-corrected chi connectivity index (χ3v) is 3.75. The molecule has 0 N–H and O–H groups in total. The van der Waals surface area contributed by atoms with E-state index in [4.69, 9.17) is 21.1 Å². The monoisotopic (exact) mass is 296 g/mol. The SMILES string of the molecule is CCc1cc(Cl)cc(OC)c1C1C(=O)OC(C)(C)C1=O. The van der Waals surface area contributed by atoms with Crippen LogP contribution in [0.5, 0.6) is 5.75 Å². The van der Waals surface area contributed by atoms with E-state index in [1.165, 1.54) is 7.11 Å². The largest absolute Gasteiger partial charge is 0.496 e. The molecular formula is C15H17ClO4. The van der Waals surface area contributed by atoms with Crippen LogP contribution in [0.4, 0.5) is 0 Å². The molecule has 0 bridgehead atoms. The predicted molar refractivity (Wildman–Crippen MR) is 75.3 cm³/mol. The minimum absolute atomic E-state index is 0.252. The lowest BCUT2D eigenvalue weighted by atomic mass is 9.85. The molecule has 1 aromatic rings. The van der Waals surface area contributed by atoms with Gasteiger partial charge in [0.1, 0.15) is 11.7 Å². The Kier molecular flexibility index (Phi) is 3.78. The summed E-state index contributed by atoms with van der Waals surface area (Å²) in [5.74, 6) is -1.28. The smallest absolute Gasteiger partial charge is 0.322 e. The van der Waals surface area contributed by atoms with Crippen LogP contribution in [-0.4, -0.2) is 24.5 Å². The first-order chi connectivity index (χ1) is 9.31. The molecule has 0 amide bonds. The van der Waals surface area contributed by atoms with Gasteiger partial charge in [0.05, 0.1) is 7.11 Å². The zero-order valence-corrected chi connectivity index (χ0v) is 12.7. The van der Waals surface area contributed by atoms with Crippen LogP contribution in [0.1, 0.15) is 37.8 Å². The van der Waals surface area contributed by atoms with Crippen molar-refractivity contribution in [1.29, 1.82) is 0 Å². The van der Waals surface area contributed by atoms with Gasteiger partial charge in [0, 0.05) is 10.6 Å². The van der Waals surface area contributed by atoms with Crippen molar-refractivity contribution in [3.05, 3.63) is 28.3 Å². The highest BCUT2D eigenvalue weighted by Gasteiger charge is 2.51. The van der Waals surface area contributed by atoms with Gasteiger partial charge in [-0.15, -0.1) is 0 Å². The Morgan fingerprint density at radius 3 is 2.45 bits per heavy atom. The number of methoxy groups -OCH3 is 1. The first-order valence-corrected chi connectivity index (χ1v) is 6.83. The fourth-order valence-corrected chi connectivity index (χ4v) is 2.73. The normalized spacial score (nSPS) is 20.9. The summed E-state index contributed by atoms with van der Waals surface area (Å²) in [4.78, 5) is 24.5. The van der Waals surface area contributed by atoms with E-state index in [2.05, 4.69) is 0 Å². The van der Waals surface area contributed by atoms with Gasteiger partial charge in [0.2, 0.25) is 0 Å². The summed E-state index contributed by atoms with van der Waals surface area (Å²) in [6.45, 7) is 5.13. The molecule has 20 heavy (non-hydrogen) atoms. The second-order valence-corrected chi connectivity index (χ2v) is 5.70. The molecule has 1 aliphatic heterocycles. The number of ketones is 1. The number of aryl methyl sites for hydroxylation is 1. The Balaban J connectivity index is 2.63. The van der Waals surface area contributed by atoms with Crippen LogP contribution in [-0.2, 0) is 20.7 Å². The number of carbonyl (C=O) groups excluding carboxylic acids is 2. The van der Waals surface area contributed by atoms with Crippen molar-refractivity contribution in [3.8, 4) is 5.75 Å². The molecule has 1 unspecified atom stereocenters. The Morgan fingerprint density at radius 2 is 2.00 bits per heavy atom. The van der Waals surface area contributed by atoms with Crippen molar-refractivity contribution < 1.29 is 19.1 Å². The average molecular weight is 297 g/mol. The van der Waals surface area contributed by atoms with Crippen molar-refractivity contribution in [1.82, 2.24) is 0 Å². The summed E-state index contributed by atoms with van der Waals surface area (Å²) >= 11 is 6.03. The van der Waals surface area contributed by atoms with Crippen molar-refractivity contribution in [2.75, 3.05) is 7.11 Å². The molecule has 0 aromatic heterocycles. The van der Waals surface area contributed by atoms with E-state index in [-0.39, 0.29) is 5.78 Å². The predicted octanol–water partition coefficient (Wildman–Crippen LogP) is 2.90. The van der Waals surface area contributed by atoms with E-state index in [1.54, 1.807) is 26.0 Å². The Labute approximate surface area is 123 Å². The number of halogens is 1. The summed E-state index contributed by atoms with van der Waals surface area (Å²) in [6.07, 6.45) is 0.643. The first-order valence-electron chi connectivity index (χ1n) is 6.45. The highest BCUT2D eigenvalue weighted by molar-refractivity contribution is 6.31. The molecule has 4 nitrogen and oxygen atoms in total. The van der Waals surface area contributed by atoms with Gasteiger partial charge in [-0.1, -0.05) is 18.5 Å². The Hall–Kier alpha value is -1.55. The third kappa shape index (κ3) is 2.29. The summed E-state index contributed by atoms with van der Waals surface area (Å²) < 4.78 is 10.5. The molecule has 1 aromatic carbocycles. The van der Waals surface area contributed by atoms with Gasteiger partial charge in [-0.2, -0.15) is 0 Å². The maximum Gasteiger partial charge on any atom is 0.322 e. The van der Waals surface area contributed by atoms with Gasteiger partial charge in [-0.05, 0) is 38.0 Å². The van der Waals surface area contributed by atoms with E-state index in [0.717, 1.165) is 5.56 Å². The lowest BCUT2D eigenvalue weighted by Gasteiger charge is -2.17. The molecule has 0 aliphatic carbocycles. The zero-order chi connectivity index (χ0) is 15.1. The number of Topliss-reactive ketones (excluding diaryl/α,β-unsaturated/α-hetero) is 1. The van der Waals surface area contributed by atoms with Crippen LogP contribution in [0.15, 0.2) is 12.1 Å². The molecule has 0 radical (unpaired) electrons. The first kappa shape index (κ1) is 14.9. The molecule has 2 rings (SSSR count). The number of hydrogen-bond acceptors (Lipinski definition) is 4. The number of esters is 1. The van der Waals surface area contributed by atoms with Gasteiger partial charge in [-0.3, -0.25) is 9.59 Å². The quantitative estimate of drug-likeness (QED) is 0.636. The molecule has 5 heteroatoms. The summed E-state index contributed by atoms with van der Waals surface area (Å²) in [5, 5.41) is 0.514. The molecule has 1 fully saturated rings. The maximum atomic E-state index is 12.4. The molecule has 1 atom stereocenters. The van der Waals surface area contributed by atoms with Crippen LogP contribution >= 0.6 is 11.6 Å². The molecule has 1 saturated heterocycles. The van der Waals surface area contributed by atoms with E-state index in [9.17, 15) is 9.59 Å². The van der Waals surface area contributed by atoms with Gasteiger partial charge in [0.15, 0.2) is 11.4 Å².